The summed E-state index contributed by atoms with van der Waals surface area (Å²) >= 11 is 1.52. The summed E-state index contributed by atoms with van der Waals surface area (Å²) in [6.07, 6.45) is 3.25. The first kappa shape index (κ1) is 15.5. The molecule has 6 heteroatoms. The lowest BCUT2D eigenvalue weighted by Crippen LogP contribution is -2.56. The molecule has 2 aliphatic rings. The van der Waals surface area contributed by atoms with Gasteiger partial charge in [-0.05, 0) is 43.0 Å². The first-order valence-corrected chi connectivity index (χ1v) is 8.72. The minimum Gasteiger partial charge on any atom is -0.353 e. The van der Waals surface area contributed by atoms with E-state index in [1.165, 1.54) is 16.2 Å². The van der Waals surface area contributed by atoms with Crippen molar-refractivity contribution in [2.45, 2.75) is 37.8 Å². The van der Waals surface area contributed by atoms with Crippen LogP contribution in [0.5, 0.6) is 0 Å². The van der Waals surface area contributed by atoms with Crippen LogP contribution in [-0.4, -0.2) is 42.0 Å². The maximum atomic E-state index is 14.9. The Kier molecular flexibility index (Phi) is 4.47. The van der Waals surface area contributed by atoms with Gasteiger partial charge in [0.1, 0.15) is 0 Å². The number of rotatable bonds is 5. The van der Waals surface area contributed by atoms with Crippen LogP contribution in [-0.2, 0) is 16.0 Å². The number of hydrogen-bond acceptors (Lipinski definition) is 3. The Balaban J connectivity index is 1.57. The monoisotopic (exact) mass is 324 g/mol. The van der Waals surface area contributed by atoms with Crippen molar-refractivity contribution < 1.29 is 14.0 Å². The fraction of sp³-hybridized carbons (Fsp3) is 0.625. The van der Waals surface area contributed by atoms with Crippen LogP contribution in [0.15, 0.2) is 17.5 Å². The molecule has 0 bridgehead atoms. The van der Waals surface area contributed by atoms with E-state index < -0.39 is 11.6 Å². The summed E-state index contributed by atoms with van der Waals surface area (Å²) in [5.41, 5.74) is -1.93. The van der Waals surface area contributed by atoms with E-state index in [1.54, 1.807) is 0 Å². The van der Waals surface area contributed by atoms with Crippen molar-refractivity contribution in [3.8, 4) is 0 Å². The molecule has 2 amide bonds. The standard InChI is InChI=1S/C16H21FN2O2S/c17-16(15(21)18-10-12-4-5-12)6-2-7-19(11-16)14(20)9-13-3-1-8-22-13/h1,3,8,12H,2,4-7,9-11H2,(H,18,21). The molecular weight excluding hydrogens is 303 g/mol. The van der Waals surface area contributed by atoms with Gasteiger partial charge in [-0.3, -0.25) is 9.59 Å². The second-order valence-corrected chi connectivity index (χ2v) is 7.33. The van der Waals surface area contributed by atoms with Crippen molar-refractivity contribution >= 4 is 23.2 Å². The molecule has 1 unspecified atom stereocenters. The number of nitrogens with one attached hydrogen (secondary N) is 1. The molecule has 1 atom stereocenters. The summed E-state index contributed by atoms with van der Waals surface area (Å²) in [5, 5.41) is 4.63. The number of likely N-dealkylation sites (tertiary alicyclic amines) is 1. The molecule has 1 N–H and O–H groups in total. The normalized spacial score (nSPS) is 25.0. The average Bonchev–Trinajstić information content (AvgIpc) is 3.20. The first-order valence-electron chi connectivity index (χ1n) is 7.84. The van der Waals surface area contributed by atoms with Crippen molar-refractivity contribution in [2.75, 3.05) is 19.6 Å². The molecule has 2 fully saturated rings. The second kappa shape index (κ2) is 6.36. The van der Waals surface area contributed by atoms with Gasteiger partial charge in [-0.15, -0.1) is 11.3 Å². The first-order chi connectivity index (χ1) is 10.6. The summed E-state index contributed by atoms with van der Waals surface area (Å²) in [4.78, 5) is 26.9. The number of piperidine rings is 1. The molecule has 120 valence electrons. The maximum absolute atomic E-state index is 14.9. The largest absolute Gasteiger partial charge is 0.353 e. The zero-order valence-electron chi connectivity index (χ0n) is 12.5. The summed E-state index contributed by atoms with van der Waals surface area (Å²) in [7, 11) is 0. The fourth-order valence-electron chi connectivity index (χ4n) is 2.80. The van der Waals surface area contributed by atoms with Gasteiger partial charge in [0, 0.05) is 18.0 Å². The van der Waals surface area contributed by atoms with E-state index in [9.17, 15) is 14.0 Å². The predicted octanol–water partition coefficient (Wildman–Crippen LogP) is 2.15. The van der Waals surface area contributed by atoms with Crippen molar-refractivity contribution in [3.05, 3.63) is 22.4 Å². The van der Waals surface area contributed by atoms with Crippen molar-refractivity contribution in [1.29, 1.82) is 0 Å². The second-order valence-electron chi connectivity index (χ2n) is 6.29. The van der Waals surface area contributed by atoms with E-state index in [0.717, 1.165) is 17.7 Å². The molecule has 1 saturated heterocycles. The number of thiophene rings is 1. The molecule has 0 aromatic carbocycles. The van der Waals surface area contributed by atoms with E-state index in [2.05, 4.69) is 5.32 Å². The van der Waals surface area contributed by atoms with Crippen LogP contribution in [0.4, 0.5) is 4.39 Å². The van der Waals surface area contributed by atoms with Gasteiger partial charge in [0.05, 0.1) is 13.0 Å². The van der Waals surface area contributed by atoms with Crippen LogP contribution in [0.3, 0.4) is 0 Å². The fourth-order valence-corrected chi connectivity index (χ4v) is 3.50. The van der Waals surface area contributed by atoms with E-state index in [1.807, 2.05) is 17.5 Å². The highest BCUT2D eigenvalue weighted by atomic mass is 32.1. The molecule has 4 nitrogen and oxygen atoms in total. The summed E-state index contributed by atoms with van der Waals surface area (Å²) < 4.78 is 14.9. The maximum Gasteiger partial charge on any atom is 0.259 e. The van der Waals surface area contributed by atoms with Gasteiger partial charge in [-0.2, -0.15) is 0 Å². The van der Waals surface area contributed by atoms with Crippen LogP contribution in [0.2, 0.25) is 0 Å². The third-order valence-corrected chi connectivity index (χ3v) is 5.23. The quantitative estimate of drug-likeness (QED) is 0.902. The van der Waals surface area contributed by atoms with E-state index >= 15 is 0 Å². The number of carbonyl (C=O) groups excluding carboxylic acids is 2. The van der Waals surface area contributed by atoms with Gasteiger partial charge in [-0.1, -0.05) is 6.07 Å². The van der Waals surface area contributed by atoms with Gasteiger partial charge in [0.15, 0.2) is 0 Å². The molecule has 1 aliphatic carbocycles. The van der Waals surface area contributed by atoms with Gasteiger partial charge in [0.25, 0.3) is 5.91 Å². The van der Waals surface area contributed by atoms with Gasteiger partial charge in [-0.25, -0.2) is 4.39 Å². The molecule has 1 aromatic heterocycles. The molecule has 2 heterocycles. The molecule has 1 aromatic rings. The smallest absolute Gasteiger partial charge is 0.259 e. The third-order valence-electron chi connectivity index (χ3n) is 4.36. The minimum atomic E-state index is -1.93. The van der Waals surface area contributed by atoms with E-state index in [-0.39, 0.29) is 25.3 Å². The Morgan fingerprint density at radius 3 is 2.95 bits per heavy atom. The third kappa shape index (κ3) is 3.66. The number of alkyl halides is 1. The Morgan fingerprint density at radius 1 is 1.45 bits per heavy atom. The molecule has 22 heavy (non-hydrogen) atoms. The molecular formula is C16H21FN2O2S. The van der Waals surface area contributed by atoms with Gasteiger partial charge in [0.2, 0.25) is 11.6 Å². The number of hydrogen-bond donors (Lipinski definition) is 1. The lowest BCUT2D eigenvalue weighted by Gasteiger charge is -2.36. The molecule has 0 spiro atoms. The van der Waals surface area contributed by atoms with Crippen molar-refractivity contribution in [1.82, 2.24) is 10.2 Å². The highest BCUT2D eigenvalue weighted by Crippen LogP contribution is 2.29. The number of carbonyl (C=O) groups is 2. The molecule has 1 aliphatic heterocycles. The Bertz CT molecular complexity index is 544. The Labute approximate surface area is 133 Å². The van der Waals surface area contributed by atoms with Crippen LogP contribution in [0.1, 0.15) is 30.6 Å². The summed E-state index contributed by atoms with van der Waals surface area (Å²) in [6, 6.07) is 3.80. The SMILES string of the molecule is O=C(Cc1cccs1)N1CCCC(F)(C(=O)NCC2CC2)C1. The van der Waals surface area contributed by atoms with Crippen molar-refractivity contribution in [2.24, 2.45) is 5.92 Å². The van der Waals surface area contributed by atoms with E-state index in [0.29, 0.717) is 25.4 Å². The van der Waals surface area contributed by atoms with Crippen LogP contribution in [0.25, 0.3) is 0 Å². The lowest BCUT2D eigenvalue weighted by atomic mass is 9.93. The van der Waals surface area contributed by atoms with E-state index in [4.69, 9.17) is 0 Å². The minimum absolute atomic E-state index is 0.0980. The topological polar surface area (TPSA) is 49.4 Å². The highest BCUT2D eigenvalue weighted by Gasteiger charge is 2.44. The predicted molar refractivity (Wildman–Crippen MR) is 83.4 cm³/mol. The molecule has 1 saturated carbocycles. The number of halogens is 1. The van der Waals surface area contributed by atoms with Crippen molar-refractivity contribution in [3.63, 3.8) is 0 Å². The lowest BCUT2D eigenvalue weighted by molar-refractivity contribution is -0.143. The molecule has 3 rings (SSSR count). The Morgan fingerprint density at radius 2 is 2.27 bits per heavy atom. The summed E-state index contributed by atoms with van der Waals surface area (Å²) in [6.45, 7) is 0.979. The number of amides is 2. The van der Waals surface area contributed by atoms with Crippen LogP contribution in [0, 0.1) is 5.92 Å². The van der Waals surface area contributed by atoms with Gasteiger partial charge >= 0.3 is 0 Å². The molecule has 0 radical (unpaired) electrons. The highest BCUT2D eigenvalue weighted by molar-refractivity contribution is 7.10. The average molecular weight is 324 g/mol. The summed E-state index contributed by atoms with van der Waals surface area (Å²) in [5.74, 6) is -0.125. The van der Waals surface area contributed by atoms with Gasteiger partial charge < -0.3 is 10.2 Å². The number of nitrogens with zero attached hydrogens (tertiary/aromatic N) is 1. The zero-order chi connectivity index (χ0) is 15.6. The zero-order valence-corrected chi connectivity index (χ0v) is 13.3. The Hall–Kier alpha value is -1.43. The van der Waals surface area contributed by atoms with Crippen LogP contribution >= 0.6 is 11.3 Å². The van der Waals surface area contributed by atoms with Crippen LogP contribution < -0.4 is 5.32 Å².